The summed E-state index contributed by atoms with van der Waals surface area (Å²) in [6.07, 6.45) is 6.18. The fourth-order valence-electron chi connectivity index (χ4n) is 2.28. The summed E-state index contributed by atoms with van der Waals surface area (Å²) in [5, 5.41) is 12.8. The summed E-state index contributed by atoms with van der Waals surface area (Å²) in [7, 11) is 3.54. The van der Waals surface area contributed by atoms with Crippen molar-refractivity contribution in [1.82, 2.24) is 10.2 Å². The normalized spacial score (nSPS) is 19.4. The van der Waals surface area contributed by atoms with Crippen LogP contribution in [0.1, 0.15) is 38.5 Å². The SMILES string of the molecule is CN(C)C(=O)CCNC1(CO)CCCCC1. The molecular weight excluding hydrogens is 204 g/mol. The molecule has 0 saturated heterocycles. The van der Waals surface area contributed by atoms with Gasteiger partial charge >= 0.3 is 0 Å². The summed E-state index contributed by atoms with van der Waals surface area (Å²) in [6.45, 7) is 0.848. The number of hydrogen-bond acceptors (Lipinski definition) is 3. The van der Waals surface area contributed by atoms with Gasteiger partial charge in [-0.2, -0.15) is 0 Å². The Morgan fingerprint density at radius 2 is 1.94 bits per heavy atom. The lowest BCUT2D eigenvalue weighted by atomic mass is 9.82. The molecular formula is C12H24N2O2. The lowest BCUT2D eigenvalue weighted by Gasteiger charge is -2.36. The number of rotatable bonds is 5. The lowest BCUT2D eigenvalue weighted by Crippen LogP contribution is -2.50. The first kappa shape index (κ1) is 13.5. The highest BCUT2D eigenvalue weighted by Crippen LogP contribution is 2.27. The Labute approximate surface area is 98.0 Å². The Morgan fingerprint density at radius 3 is 2.44 bits per heavy atom. The topological polar surface area (TPSA) is 52.6 Å². The number of aliphatic hydroxyl groups excluding tert-OH is 1. The molecule has 0 aromatic heterocycles. The van der Waals surface area contributed by atoms with E-state index in [0.717, 1.165) is 12.8 Å². The molecule has 4 nitrogen and oxygen atoms in total. The van der Waals surface area contributed by atoms with Gasteiger partial charge in [-0.3, -0.25) is 4.79 Å². The zero-order valence-electron chi connectivity index (χ0n) is 10.5. The molecule has 0 radical (unpaired) electrons. The van der Waals surface area contributed by atoms with Crippen LogP contribution in [0.5, 0.6) is 0 Å². The average molecular weight is 228 g/mol. The molecule has 1 saturated carbocycles. The van der Waals surface area contributed by atoms with Crippen LogP contribution in [0.3, 0.4) is 0 Å². The first-order valence-corrected chi connectivity index (χ1v) is 6.16. The van der Waals surface area contributed by atoms with Gasteiger partial charge in [-0.25, -0.2) is 0 Å². The number of carbonyl (C=O) groups is 1. The molecule has 0 aromatic rings. The molecule has 94 valence electrons. The summed E-state index contributed by atoms with van der Waals surface area (Å²) in [6, 6.07) is 0. The van der Waals surface area contributed by atoms with E-state index in [1.165, 1.54) is 19.3 Å². The Kier molecular flexibility index (Phi) is 5.22. The molecule has 0 heterocycles. The summed E-state index contributed by atoms with van der Waals surface area (Å²) >= 11 is 0. The van der Waals surface area contributed by atoms with Crippen molar-refractivity contribution in [3.05, 3.63) is 0 Å². The first-order chi connectivity index (χ1) is 7.59. The van der Waals surface area contributed by atoms with Crippen molar-refractivity contribution in [1.29, 1.82) is 0 Å². The van der Waals surface area contributed by atoms with Gasteiger partial charge in [0.2, 0.25) is 5.91 Å². The fraction of sp³-hybridized carbons (Fsp3) is 0.917. The third-order valence-corrected chi connectivity index (χ3v) is 3.45. The summed E-state index contributed by atoms with van der Waals surface area (Å²) in [4.78, 5) is 13.0. The van der Waals surface area contributed by atoms with Crippen molar-refractivity contribution >= 4 is 5.91 Å². The minimum atomic E-state index is -0.120. The molecule has 1 aliphatic rings. The van der Waals surface area contributed by atoms with E-state index in [1.807, 2.05) is 0 Å². The maximum Gasteiger partial charge on any atom is 0.223 e. The van der Waals surface area contributed by atoms with Crippen LogP contribution >= 0.6 is 0 Å². The van der Waals surface area contributed by atoms with Gasteiger partial charge < -0.3 is 15.3 Å². The van der Waals surface area contributed by atoms with E-state index in [1.54, 1.807) is 19.0 Å². The van der Waals surface area contributed by atoms with Gasteiger partial charge in [0.05, 0.1) is 6.61 Å². The number of nitrogens with zero attached hydrogens (tertiary/aromatic N) is 1. The van der Waals surface area contributed by atoms with Crippen LogP contribution in [-0.4, -0.2) is 48.7 Å². The van der Waals surface area contributed by atoms with E-state index in [9.17, 15) is 9.90 Å². The molecule has 0 aliphatic heterocycles. The zero-order valence-corrected chi connectivity index (χ0v) is 10.5. The summed E-state index contributed by atoms with van der Waals surface area (Å²) in [5.74, 6) is 0.136. The standard InChI is InChI=1S/C12H24N2O2/c1-14(2)11(16)6-9-13-12(10-15)7-4-3-5-8-12/h13,15H,3-10H2,1-2H3. The second-order valence-corrected chi connectivity index (χ2v) is 4.96. The number of hydrogen-bond donors (Lipinski definition) is 2. The van der Waals surface area contributed by atoms with Crippen LogP contribution < -0.4 is 5.32 Å². The molecule has 0 unspecified atom stereocenters. The molecule has 2 N–H and O–H groups in total. The van der Waals surface area contributed by atoms with Crippen molar-refractivity contribution in [3.63, 3.8) is 0 Å². The maximum absolute atomic E-state index is 11.4. The molecule has 1 fully saturated rings. The molecule has 1 amide bonds. The van der Waals surface area contributed by atoms with E-state index in [4.69, 9.17) is 0 Å². The van der Waals surface area contributed by atoms with E-state index in [-0.39, 0.29) is 18.1 Å². The molecule has 1 aliphatic carbocycles. The van der Waals surface area contributed by atoms with E-state index in [0.29, 0.717) is 13.0 Å². The zero-order chi connectivity index (χ0) is 12.0. The van der Waals surface area contributed by atoms with Gasteiger partial charge in [0, 0.05) is 32.6 Å². The van der Waals surface area contributed by atoms with Gasteiger partial charge in [-0.15, -0.1) is 0 Å². The molecule has 0 spiro atoms. The minimum absolute atomic E-state index is 0.120. The highest BCUT2D eigenvalue weighted by molar-refractivity contribution is 5.75. The Bertz CT molecular complexity index is 223. The molecule has 16 heavy (non-hydrogen) atoms. The lowest BCUT2D eigenvalue weighted by molar-refractivity contribution is -0.128. The van der Waals surface area contributed by atoms with Crippen LogP contribution in [-0.2, 0) is 4.79 Å². The predicted octanol–water partition coefficient (Wildman–Crippen LogP) is 0.749. The van der Waals surface area contributed by atoms with Crippen LogP contribution in [0.25, 0.3) is 0 Å². The molecule has 0 aromatic carbocycles. The van der Waals surface area contributed by atoms with Crippen LogP contribution in [0.15, 0.2) is 0 Å². The smallest absolute Gasteiger partial charge is 0.223 e. The van der Waals surface area contributed by atoms with Crippen molar-refractivity contribution in [2.45, 2.75) is 44.1 Å². The summed E-state index contributed by atoms with van der Waals surface area (Å²) < 4.78 is 0. The van der Waals surface area contributed by atoms with Gasteiger partial charge in [0.25, 0.3) is 0 Å². The van der Waals surface area contributed by atoms with Crippen molar-refractivity contribution in [2.75, 3.05) is 27.2 Å². The van der Waals surface area contributed by atoms with E-state index >= 15 is 0 Å². The number of amides is 1. The van der Waals surface area contributed by atoms with Crippen LogP contribution in [0, 0.1) is 0 Å². The van der Waals surface area contributed by atoms with Crippen molar-refractivity contribution < 1.29 is 9.90 Å². The Morgan fingerprint density at radius 1 is 1.31 bits per heavy atom. The van der Waals surface area contributed by atoms with E-state index in [2.05, 4.69) is 5.32 Å². The number of carbonyl (C=O) groups excluding carboxylic acids is 1. The average Bonchev–Trinajstić information content (AvgIpc) is 2.30. The van der Waals surface area contributed by atoms with Crippen molar-refractivity contribution in [3.8, 4) is 0 Å². The Balaban J connectivity index is 2.31. The van der Waals surface area contributed by atoms with Crippen molar-refractivity contribution in [2.24, 2.45) is 0 Å². The fourth-order valence-corrected chi connectivity index (χ4v) is 2.28. The van der Waals surface area contributed by atoms with Gasteiger partial charge in [-0.1, -0.05) is 19.3 Å². The second kappa shape index (κ2) is 6.21. The minimum Gasteiger partial charge on any atom is -0.394 e. The molecule has 0 bridgehead atoms. The molecule has 4 heteroatoms. The largest absolute Gasteiger partial charge is 0.394 e. The third-order valence-electron chi connectivity index (χ3n) is 3.45. The molecule has 1 rings (SSSR count). The van der Waals surface area contributed by atoms with Crippen LogP contribution in [0.2, 0.25) is 0 Å². The van der Waals surface area contributed by atoms with Gasteiger partial charge in [-0.05, 0) is 12.8 Å². The number of nitrogens with one attached hydrogen (secondary N) is 1. The third kappa shape index (κ3) is 3.76. The summed E-state index contributed by atoms with van der Waals surface area (Å²) in [5.41, 5.74) is -0.120. The highest BCUT2D eigenvalue weighted by Gasteiger charge is 2.30. The van der Waals surface area contributed by atoms with Gasteiger partial charge in [0.15, 0.2) is 0 Å². The van der Waals surface area contributed by atoms with E-state index < -0.39 is 0 Å². The second-order valence-electron chi connectivity index (χ2n) is 4.96. The number of aliphatic hydroxyl groups is 1. The quantitative estimate of drug-likeness (QED) is 0.730. The predicted molar refractivity (Wildman–Crippen MR) is 64.2 cm³/mol. The Hall–Kier alpha value is -0.610. The van der Waals surface area contributed by atoms with Gasteiger partial charge in [0.1, 0.15) is 0 Å². The molecule has 0 atom stereocenters. The maximum atomic E-state index is 11.4. The first-order valence-electron chi connectivity index (χ1n) is 6.16. The monoisotopic (exact) mass is 228 g/mol. The highest BCUT2D eigenvalue weighted by atomic mass is 16.3. The van der Waals surface area contributed by atoms with Crippen LogP contribution in [0.4, 0.5) is 0 Å².